The van der Waals surface area contributed by atoms with Gasteiger partial charge in [-0.2, -0.15) is 0 Å². The summed E-state index contributed by atoms with van der Waals surface area (Å²) in [6.45, 7) is 4.40. The van der Waals surface area contributed by atoms with Crippen molar-refractivity contribution in [3.05, 3.63) is 35.9 Å². The number of amides is 2. The van der Waals surface area contributed by atoms with E-state index < -0.39 is 0 Å². The third-order valence-corrected chi connectivity index (χ3v) is 4.92. The molecule has 0 saturated carbocycles. The molecule has 0 spiro atoms. The molecule has 2 amide bonds. The van der Waals surface area contributed by atoms with Gasteiger partial charge in [0, 0.05) is 25.6 Å². The maximum absolute atomic E-state index is 12.4. The molecule has 1 aromatic carbocycles. The van der Waals surface area contributed by atoms with Gasteiger partial charge in [-0.1, -0.05) is 30.3 Å². The monoisotopic (exact) mass is 315 g/mol. The Hall–Kier alpha value is -1.88. The average Bonchev–Trinajstić information content (AvgIpc) is 2.98. The maximum atomic E-state index is 12.4. The van der Waals surface area contributed by atoms with Crippen LogP contribution >= 0.6 is 0 Å². The maximum Gasteiger partial charge on any atom is 0.225 e. The van der Waals surface area contributed by atoms with E-state index >= 15 is 0 Å². The van der Waals surface area contributed by atoms with Gasteiger partial charge in [0.05, 0.1) is 12.0 Å². The Kier molecular flexibility index (Phi) is 4.96. The van der Waals surface area contributed by atoms with E-state index in [-0.39, 0.29) is 29.8 Å². The lowest BCUT2D eigenvalue weighted by atomic mass is 10.0. The van der Waals surface area contributed by atoms with Crippen molar-refractivity contribution in [2.24, 2.45) is 5.92 Å². The molecule has 0 aromatic heterocycles. The van der Waals surface area contributed by atoms with Crippen LogP contribution in [0.2, 0.25) is 0 Å². The molecule has 2 aliphatic heterocycles. The molecule has 2 N–H and O–H groups in total. The summed E-state index contributed by atoms with van der Waals surface area (Å²) in [6.07, 6.45) is 2.43. The molecule has 2 fully saturated rings. The third-order valence-electron chi connectivity index (χ3n) is 4.92. The molecule has 0 radical (unpaired) electrons. The number of nitrogens with one attached hydrogen (secondary N) is 2. The van der Waals surface area contributed by atoms with Gasteiger partial charge in [0.25, 0.3) is 0 Å². The minimum absolute atomic E-state index is 0.0119. The van der Waals surface area contributed by atoms with Crippen molar-refractivity contribution in [3.8, 4) is 0 Å². The van der Waals surface area contributed by atoms with Gasteiger partial charge in [0.15, 0.2) is 0 Å². The van der Waals surface area contributed by atoms with Crippen LogP contribution in [0.5, 0.6) is 0 Å². The van der Waals surface area contributed by atoms with Gasteiger partial charge in [0.1, 0.15) is 0 Å². The van der Waals surface area contributed by atoms with E-state index in [4.69, 9.17) is 0 Å². The molecule has 0 bridgehead atoms. The SMILES string of the molecule is CC(c1ccccc1)N1CC(C(=O)NC2CCCNC2)CC1=O. The summed E-state index contributed by atoms with van der Waals surface area (Å²) < 4.78 is 0. The summed E-state index contributed by atoms with van der Waals surface area (Å²) in [5.41, 5.74) is 1.11. The van der Waals surface area contributed by atoms with Crippen molar-refractivity contribution in [2.45, 2.75) is 38.3 Å². The quantitative estimate of drug-likeness (QED) is 0.884. The van der Waals surface area contributed by atoms with Crippen LogP contribution in [0.4, 0.5) is 0 Å². The van der Waals surface area contributed by atoms with E-state index in [2.05, 4.69) is 10.6 Å². The smallest absolute Gasteiger partial charge is 0.225 e. The normalized spacial score (nSPS) is 26.1. The highest BCUT2D eigenvalue weighted by Gasteiger charge is 2.37. The van der Waals surface area contributed by atoms with Crippen molar-refractivity contribution >= 4 is 11.8 Å². The molecule has 23 heavy (non-hydrogen) atoms. The van der Waals surface area contributed by atoms with Crippen LogP contribution in [-0.2, 0) is 9.59 Å². The number of carbonyl (C=O) groups excluding carboxylic acids is 2. The molecule has 124 valence electrons. The fourth-order valence-corrected chi connectivity index (χ4v) is 3.49. The van der Waals surface area contributed by atoms with Crippen LogP contribution in [0.3, 0.4) is 0 Å². The number of hydrogen-bond donors (Lipinski definition) is 2. The number of benzene rings is 1. The summed E-state index contributed by atoms with van der Waals surface area (Å²) in [6, 6.07) is 10.2. The minimum Gasteiger partial charge on any atom is -0.352 e. The molecule has 2 heterocycles. The van der Waals surface area contributed by atoms with E-state index in [1.54, 1.807) is 0 Å². The van der Waals surface area contributed by atoms with Gasteiger partial charge < -0.3 is 15.5 Å². The Morgan fingerprint density at radius 3 is 2.83 bits per heavy atom. The number of likely N-dealkylation sites (tertiary alicyclic amines) is 1. The first-order valence-electron chi connectivity index (χ1n) is 8.50. The Balaban J connectivity index is 1.59. The molecule has 5 nitrogen and oxygen atoms in total. The molecule has 2 saturated heterocycles. The highest BCUT2D eigenvalue weighted by Crippen LogP contribution is 2.28. The van der Waals surface area contributed by atoms with E-state index in [9.17, 15) is 9.59 Å². The lowest BCUT2D eigenvalue weighted by molar-refractivity contribution is -0.130. The van der Waals surface area contributed by atoms with Gasteiger partial charge in [0.2, 0.25) is 11.8 Å². The summed E-state index contributed by atoms with van der Waals surface area (Å²) >= 11 is 0. The van der Waals surface area contributed by atoms with Crippen molar-refractivity contribution in [1.29, 1.82) is 0 Å². The van der Waals surface area contributed by atoms with E-state index in [1.807, 2.05) is 42.2 Å². The average molecular weight is 315 g/mol. The van der Waals surface area contributed by atoms with Gasteiger partial charge in [-0.05, 0) is 31.9 Å². The summed E-state index contributed by atoms with van der Waals surface area (Å²) in [4.78, 5) is 26.6. The standard InChI is InChI=1S/C18H25N3O2/c1-13(14-6-3-2-4-7-14)21-12-15(10-17(21)22)18(23)20-16-8-5-9-19-11-16/h2-4,6-7,13,15-16,19H,5,8-12H2,1H3,(H,20,23). The first-order chi connectivity index (χ1) is 11.1. The Morgan fingerprint density at radius 1 is 1.35 bits per heavy atom. The molecule has 1 aromatic rings. The molecule has 3 rings (SSSR count). The highest BCUT2D eigenvalue weighted by atomic mass is 16.2. The number of carbonyl (C=O) groups is 2. The van der Waals surface area contributed by atoms with Gasteiger partial charge in [-0.25, -0.2) is 0 Å². The van der Waals surface area contributed by atoms with Crippen molar-refractivity contribution in [3.63, 3.8) is 0 Å². The van der Waals surface area contributed by atoms with Crippen molar-refractivity contribution in [1.82, 2.24) is 15.5 Å². The zero-order valence-corrected chi connectivity index (χ0v) is 13.6. The summed E-state index contributed by atoms with van der Waals surface area (Å²) in [5, 5.41) is 6.40. The molecule has 2 aliphatic rings. The Morgan fingerprint density at radius 2 is 2.13 bits per heavy atom. The zero-order chi connectivity index (χ0) is 16.2. The number of piperidine rings is 1. The number of hydrogen-bond acceptors (Lipinski definition) is 3. The van der Waals surface area contributed by atoms with E-state index in [0.717, 1.165) is 31.5 Å². The van der Waals surface area contributed by atoms with Crippen LogP contribution in [0, 0.1) is 5.92 Å². The largest absolute Gasteiger partial charge is 0.352 e. The van der Waals surface area contributed by atoms with Crippen molar-refractivity contribution < 1.29 is 9.59 Å². The molecular weight excluding hydrogens is 290 g/mol. The lowest BCUT2D eigenvalue weighted by Crippen LogP contribution is -2.47. The van der Waals surface area contributed by atoms with Crippen LogP contribution in [0.25, 0.3) is 0 Å². The number of nitrogens with zero attached hydrogens (tertiary/aromatic N) is 1. The van der Waals surface area contributed by atoms with Crippen LogP contribution in [0.1, 0.15) is 37.8 Å². The highest BCUT2D eigenvalue weighted by molar-refractivity contribution is 5.89. The van der Waals surface area contributed by atoms with Crippen LogP contribution in [0.15, 0.2) is 30.3 Å². The van der Waals surface area contributed by atoms with E-state index in [1.165, 1.54) is 0 Å². The van der Waals surface area contributed by atoms with Gasteiger partial charge in [-0.15, -0.1) is 0 Å². The predicted octanol–water partition coefficient (Wildman–Crippen LogP) is 1.46. The Labute approximate surface area is 137 Å². The second-order valence-electron chi connectivity index (χ2n) is 6.59. The van der Waals surface area contributed by atoms with Gasteiger partial charge in [-0.3, -0.25) is 9.59 Å². The molecule has 3 atom stereocenters. The van der Waals surface area contributed by atoms with E-state index in [0.29, 0.717) is 13.0 Å². The topological polar surface area (TPSA) is 61.4 Å². The molecular formula is C18H25N3O2. The first-order valence-corrected chi connectivity index (χ1v) is 8.50. The fourth-order valence-electron chi connectivity index (χ4n) is 3.49. The molecule has 3 unspecified atom stereocenters. The zero-order valence-electron chi connectivity index (χ0n) is 13.6. The number of rotatable bonds is 4. The van der Waals surface area contributed by atoms with Gasteiger partial charge >= 0.3 is 0 Å². The van der Waals surface area contributed by atoms with Crippen LogP contribution in [-0.4, -0.2) is 42.4 Å². The Bertz CT molecular complexity index is 555. The lowest BCUT2D eigenvalue weighted by Gasteiger charge is -2.26. The molecule has 0 aliphatic carbocycles. The fraction of sp³-hybridized carbons (Fsp3) is 0.556. The van der Waals surface area contributed by atoms with Crippen molar-refractivity contribution in [2.75, 3.05) is 19.6 Å². The summed E-state index contributed by atoms with van der Waals surface area (Å²) in [5.74, 6) is -0.131. The van der Waals surface area contributed by atoms with Crippen LogP contribution < -0.4 is 10.6 Å². The molecule has 5 heteroatoms. The second kappa shape index (κ2) is 7.13. The first kappa shape index (κ1) is 16.0. The predicted molar refractivity (Wildman–Crippen MR) is 88.7 cm³/mol. The minimum atomic E-state index is -0.226. The second-order valence-corrected chi connectivity index (χ2v) is 6.59. The summed E-state index contributed by atoms with van der Waals surface area (Å²) in [7, 11) is 0. The third kappa shape index (κ3) is 3.72.